The van der Waals surface area contributed by atoms with Gasteiger partial charge < -0.3 is 14.0 Å². The van der Waals surface area contributed by atoms with Crippen LogP contribution in [0.15, 0.2) is 53.7 Å². The fourth-order valence-corrected chi connectivity index (χ4v) is 4.78. The number of nitrogens with zero attached hydrogens (tertiary/aromatic N) is 5. The Kier molecular flexibility index (Phi) is 5.64. The molecule has 3 heterocycles. The maximum absolute atomic E-state index is 12.6. The van der Waals surface area contributed by atoms with Crippen LogP contribution >= 0.6 is 0 Å². The molecule has 2 aromatic carbocycles. The Morgan fingerprint density at radius 2 is 1.89 bits per heavy atom. The van der Waals surface area contributed by atoms with Crippen LogP contribution in [0.4, 0.5) is 0 Å². The van der Waals surface area contributed by atoms with E-state index < -0.39 is 15.8 Å². The number of ether oxygens (including phenoxy) is 2. The van der Waals surface area contributed by atoms with Crippen LogP contribution < -0.4 is 4.74 Å². The Hall–Kier alpha value is -3.99. The minimum atomic E-state index is -3.28. The highest BCUT2D eigenvalue weighted by Crippen LogP contribution is 2.35. The molecule has 10 nitrogen and oxygen atoms in total. The van der Waals surface area contributed by atoms with E-state index in [4.69, 9.17) is 9.47 Å². The van der Waals surface area contributed by atoms with Gasteiger partial charge in [-0.15, -0.1) is 10.2 Å². The molecule has 0 bridgehead atoms. The average molecular weight is 494 g/mol. The van der Waals surface area contributed by atoms with Gasteiger partial charge in [-0.25, -0.2) is 18.2 Å². The summed E-state index contributed by atoms with van der Waals surface area (Å²) in [5, 5.41) is 8.91. The molecular weight excluding hydrogens is 470 g/mol. The van der Waals surface area contributed by atoms with Gasteiger partial charge in [-0.3, -0.25) is 4.57 Å². The monoisotopic (exact) mass is 493 g/mol. The number of hydrogen-bond donors (Lipinski definition) is 0. The Morgan fingerprint density at radius 1 is 1.11 bits per heavy atom. The molecule has 0 unspecified atom stereocenters. The highest BCUT2D eigenvalue weighted by atomic mass is 32.2. The zero-order chi connectivity index (χ0) is 24.7. The molecule has 0 radical (unpaired) electrons. The van der Waals surface area contributed by atoms with Crippen molar-refractivity contribution in [3.8, 4) is 22.8 Å². The quantitative estimate of drug-likeness (QED) is 0.331. The van der Waals surface area contributed by atoms with Gasteiger partial charge in [0.15, 0.2) is 21.4 Å². The lowest BCUT2D eigenvalue weighted by Crippen LogP contribution is -2.14. The molecule has 4 aromatic rings. The second-order valence-electron chi connectivity index (χ2n) is 8.13. The molecule has 0 N–H and O–H groups in total. The second-order valence-corrected chi connectivity index (χ2v) is 10.1. The lowest BCUT2D eigenvalue weighted by molar-refractivity contribution is 0.0518. The first-order chi connectivity index (χ1) is 16.8. The number of benzene rings is 2. The summed E-state index contributed by atoms with van der Waals surface area (Å²) in [7, 11) is -1.69. The first-order valence-corrected chi connectivity index (χ1v) is 12.8. The smallest absolute Gasteiger partial charge is 0.358 e. The van der Waals surface area contributed by atoms with Gasteiger partial charge >= 0.3 is 5.97 Å². The van der Waals surface area contributed by atoms with Crippen molar-refractivity contribution in [2.45, 2.75) is 24.8 Å². The van der Waals surface area contributed by atoms with E-state index in [1.807, 2.05) is 27.3 Å². The van der Waals surface area contributed by atoms with Crippen molar-refractivity contribution in [2.24, 2.45) is 0 Å². The summed E-state index contributed by atoms with van der Waals surface area (Å²) in [4.78, 5) is 17.2. The zero-order valence-electron chi connectivity index (χ0n) is 19.4. The molecule has 35 heavy (non-hydrogen) atoms. The van der Waals surface area contributed by atoms with E-state index in [0.29, 0.717) is 36.1 Å². The summed E-state index contributed by atoms with van der Waals surface area (Å²) >= 11 is 0. The molecule has 5 rings (SSSR count). The third-order valence-corrected chi connectivity index (χ3v) is 7.02. The zero-order valence-corrected chi connectivity index (χ0v) is 20.2. The molecule has 0 saturated carbocycles. The first kappa shape index (κ1) is 22.8. The topological polar surface area (TPSA) is 118 Å². The molecule has 0 spiro atoms. The number of hydrogen-bond acceptors (Lipinski definition) is 8. The van der Waals surface area contributed by atoms with Crippen LogP contribution in [0.5, 0.6) is 5.75 Å². The molecule has 180 valence electrons. The predicted octanol–water partition coefficient (Wildman–Crippen LogP) is 2.67. The number of carbonyl (C=O) groups is 1. The average Bonchev–Trinajstić information content (AvgIpc) is 3.40. The van der Waals surface area contributed by atoms with Crippen molar-refractivity contribution < 1.29 is 22.7 Å². The number of carbonyl (C=O) groups excluding carboxylic acids is 1. The fourth-order valence-electron chi connectivity index (χ4n) is 4.15. The highest BCUT2D eigenvalue weighted by molar-refractivity contribution is 7.90. The number of methoxy groups -OCH3 is 1. The largest absolute Gasteiger partial charge is 0.497 e. The number of aromatic nitrogens is 5. The minimum absolute atomic E-state index is 0.235. The van der Waals surface area contributed by atoms with Crippen LogP contribution in [0, 0.1) is 0 Å². The van der Waals surface area contributed by atoms with Gasteiger partial charge in [-0.1, -0.05) is 12.1 Å². The molecule has 1 aliphatic heterocycles. The van der Waals surface area contributed by atoms with Crippen LogP contribution in [0.1, 0.15) is 34.5 Å². The Balaban J connectivity index is 1.63. The van der Waals surface area contributed by atoms with Gasteiger partial charge in [0, 0.05) is 18.2 Å². The van der Waals surface area contributed by atoms with Crippen molar-refractivity contribution >= 4 is 15.8 Å². The van der Waals surface area contributed by atoms with Gasteiger partial charge in [0.25, 0.3) is 0 Å². The van der Waals surface area contributed by atoms with Crippen molar-refractivity contribution in [3.63, 3.8) is 0 Å². The number of esters is 1. The lowest BCUT2D eigenvalue weighted by Gasteiger charge is -2.10. The molecule has 0 atom stereocenters. The number of sulfone groups is 1. The van der Waals surface area contributed by atoms with E-state index in [0.717, 1.165) is 16.8 Å². The van der Waals surface area contributed by atoms with Gasteiger partial charge in [-0.2, -0.15) is 0 Å². The predicted molar refractivity (Wildman–Crippen MR) is 127 cm³/mol. The Morgan fingerprint density at radius 3 is 2.57 bits per heavy atom. The maximum atomic E-state index is 12.6. The number of fused-ring (bicyclic) bond motifs is 5. The molecule has 0 aliphatic carbocycles. The lowest BCUT2D eigenvalue weighted by atomic mass is 10.1. The maximum Gasteiger partial charge on any atom is 0.358 e. The van der Waals surface area contributed by atoms with E-state index in [1.165, 1.54) is 6.26 Å². The molecular formula is C24H23N5O5S. The van der Waals surface area contributed by atoms with Crippen LogP contribution in [0.3, 0.4) is 0 Å². The molecule has 0 amide bonds. The molecule has 0 fully saturated rings. The Labute approximate surface area is 202 Å². The van der Waals surface area contributed by atoms with Crippen LogP contribution in [0.25, 0.3) is 17.1 Å². The molecule has 2 aromatic heterocycles. The third-order valence-electron chi connectivity index (χ3n) is 5.89. The summed E-state index contributed by atoms with van der Waals surface area (Å²) in [6, 6.07) is 12.3. The third kappa shape index (κ3) is 4.08. The van der Waals surface area contributed by atoms with Crippen molar-refractivity contribution in [1.82, 2.24) is 24.3 Å². The first-order valence-electron chi connectivity index (χ1n) is 10.9. The number of imidazole rings is 1. The van der Waals surface area contributed by atoms with E-state index >= 15 is 0 Å². The number of rotatable bonds is 6. The van der Waals surface area contributed by atoms with E-state index in [-0.39, 0.29) is 17.2 Å². The van der Waals surface area contributed by atoms with Gasteiger partial charge in [0.05, 0.1) is 36.5 Å². The second kappa shape index (κ2) is 8.66. The summed E-state index contributed by atoms with van der Waals surface area (Å²) in [6.45, 7) is 2.29. The molecule has 11 heteroatoms. The summed E-state index contributed by atoms with van der Waals surface area (Å²) in [6.07, 6.45) is 3.20. The molecule has 0 saturated heterocycles. The summed E-state index contributed by atoms with van der Waals surface area (Å²) in [5.74, 6) is 1.45. The van der Waals surface area contributed by atoms with Crippen LogP contribution in [0.2, 0.25) is 0 Å². The van der Waals surface area contributed by atoms with E-state index in [2.05, 4.69) is 15.2 Å². The SMILES string of the molecule is CCOC(=O)c1ncn2c1Cn1c(Cc3ccc(S(C)(=O)=O)cc3)nnc1-c1cc(OC)ccc1-2. The van der Waals surface area contributed by atoms with E-state index in [1.54, 1.807) is 44.6 Å². The van der Waals surface area contributed by atoms with Gasteiger partial charge in [0.2, 0.25) is 0 Å². The standard InChI is InChI=1S/C24H23N5O5S/c1-4-34-24(30)22-20-13-28-21(11-15-5-8-17(9-6-15)35(3,31)32)26-27-23(28)18-12-16(33-2)7-10-19(18)29(20)14-25-22/h5-10,12,14H,4,11,13H2,1-3H3. The van der Waals surface area contributed by atoms with Crippen LogP contribution in [-0.2, 0) is 27.5 Å². The summed E-state index contributed by atoms with van der Waals surface area (Å²) in [5.41, 5.74) is 3.34. The van der Waals surface area contributed by atoms with Crippen molar-refractivity contribution in [3.05, 3.63) is 71.6 Å². The van der Waals surface area contributed by atoms with Crippen molar-refractivity contribution in [1.29, 1.82) is 0 Å². The van der Waals surface area contributed by atoms with E-state index in [9.17, 15) is 13.2 Å². The van der Waals surface area contributed by atoms with Gasteiger partial charge in [-0.05, 0) is 42.8 Å². The summed E-state index contributed by atoms with van der Waals surface area (Å²) < 4.78 is 38.1. The highest BCUT2D eigenvalue weighted by Gasteiger charge is 2.29. The van der Waals surface area contributed by atoms with Crippen LogP contribution in [-0.4, -0.2) is 58.7 Å². The minimum Gasteiger partial charge on any atom is -0.497 e. The fraction of sp³-hybridized carbons (Fsp3) is 0.250. The Bertz CT molecular complexity index is 1540. The molecule has 1 aliphatic rings. The van der Waals surface area contributed by atoms with Crippen molar-refractivity contribution in [2.75, 3.05) is 20.0 Å². The van der Waals surface area contributed by atoms with Gasteiger partial charge in [0.1, 0.15) is 17.9 Å². The normalized spacial score (nSPS) is 12.3.